The zero-order valence-corrected chi connectivity index (χ0v) is 23.9. The van der Waals surface area contributed by atoms with Gasteiger partial charge in [-0.15, -0.1) is 0 Å². The van der Waals surface area contributed by atoms with Crippen LogP contribution >= 0.6 is 0 Å². The predicted octanol–water partition coefficient (Wildman–Crippen LogP) is 8.23. The standard InChI is InChI=1S/C27H59NO3Si/c1-7-10-12-14-16-18-20-22-24-28(25-23-21-19-17-15-13-11-8-2)26-27(9-3)32(29-4,30-5)31-6/h27H,7-26H2,1-6H3. The van der Waals surface area contributed by atoms with Crippen molar-refractivity contribution in [3.63, 3.8) is 0 Å². The maximum absolute atomic E-state index is 5.84. The maximum atomic E-state index is 5.84. The minimum atomic E-state index is -2.60. The van der Waals surface area contributed by atoms with Gasteiger partial charge in [-0.2, -0.15) is 0 Å². The van der Waals surface area contributed by atoms with Crippen LogP contribution in [0.5, 0.6) is 0 Å². The van der Waals surface area contributed by atoms with E-state index in [1.54, 1.807) is 21.3 Å². The minimum absolute atomic E-state index is 0.339. The summed E-state index contributed by atoms with van der Waals surface area (Å²) in [5.41, 5.74) is 0.339. The van der Waals surface area contributed by atoms with Crippen LogP contribution in [-0.2, 0) is 13.3 Å². The highest BCUT2D eigenvalue weighted by Gasteiger charge is 2.46. The first-order valence-electron chi connectivity index (χ1n) is 14.0. The molecule has 1 atom stereocenters. The fraction of sp³-hybridized carbons (Fsp3) is 1.00. The quantitative estimate of drug-likeness (QED) is 0.0986. The van der Waals surface area contributed by atoms with Gasteiger partial charge in [-0.25, -0.2) is 0 Å². The summed E-state index contributed by atoms with van der Waals surface area (Å²) in [6.45, 7) is 10.3. The van der Waals surface area contributed by atoms with Gasteiger partial charge in [0.15, 0.2) is 0 Å². The van der Waals surface area contributed by atoms with Gasteiger partial charge in [0, 0.05) is 33.4 Å². The van der Waals surface area contributed by atoms with Crippen molar-refractivity contribution in [2.24, 2.45) is 0 Å². The lowest BCUT2D eigenvalue weighted by atomic mass is 10.1. The molecule has 4 nitrogen and oxygen atoms in total. The summed E-state index contributed by atoms with van der Waals surface area (Å²) in [5.74, 6) is 0. The van der Waals surface area contributed by atoms with Crippen molar-refractivity contribution in [2.75, 3.05) is 41.0 Å². The molecule has 0 saturated heterocycles. The molecule has 194 valence electrons. The molecular formula is C27H59NO3Si. The average Bonchev–Trinajstić information content (AvgIpc) is 2.82. The maximum Gasteiger partial charge on any atom is 0.504 e. The molecule has 0 saturated carbocycles. The van der Waals surface area contributed by atoms with Crippen LogP contribution in [0.4, 0.5) is 0 Å². The molecule has 0 spiro atoms. The molecule has 0 bridgehead atoms. The zero-order valence-electron chi connectivity index (χ0n) is 22.9. The second kappa shape index (κ2) is 22.8. The molecule has 0 aromatic carbocycles. The topological polar surface area (TPSA) is 30.9 Å². The lowest BCUT2D eigenvalue weighted by Crippen LogP contribution is -2.51. The molecule has 0 amide bonds. The summed E-state index contributed by atoms with van der Waals surface area (Å²) in [7, 11) is 2.66. The Bertz CT molecular complexity index is 352. The van der Waals surface area contributed by atoms with Crippen molar-refractivity contribution in [1.82, 2.24) is 4.90 Å². The van der Waals surface area contributed by atoms with E-state index in [1.165, 1.54) is 116 Å². The summed E-state index contributed by atoms with van der Waals surface area (Å²) < 4.78 is 17.5. The Morgan fingerprint density at radius 3 is 1.19 bits per heavy atom. The van der Waals surface area contributed by atoms with E-state index in [2.05, 4.69) is 25.7 Å². The lowest BCUT2D eigenvalue weighted by molar-refractivity contribution is 0.100. The highest BCUT2D eigenvalue weighted by molar-refractivity contribution is 6.62. The molecule has 0 heterocycles. The molecule has 0 aromatic rings. The summed E-state index contributed by atoms with van der Waals surface area (Å²) in [4.78, 5) is 2.68. The Kier molecular flexibility index (Phi) is 22.9. The predicted molar refractivity (Wildman–Crippen MR) is 142 cm³/mol. The average molecular weight is 474 g/mol. The van der Waals surface area contributed by atoms with Crippen molar-refractivity contribution in [3.05, 3.63) is 0 Å². The van der Waals surface area contributed by atoms with Crippen molar-refractivity contribution in [2.45, 2.75) is 135 Å². The Morgan fingerprint density at radius 2 is 0.875 bits per heavy atom. The van der Waals surface area contributed by atoms with Crippen LogP contribution in [0.25, 0.3) is 0 Å². The largest absolute Gasteiger partial charge is 0.504 e. The third-order valence-electron chi connectivity index (χ3n) is 6.98. The van der Waals surface area contributed by atoms with Gasteiger partial charge in [0.25, 0.3) is 0 Å². The number of nitrogens with zero attached hydrogens (tertiary/aromatic N) is 1. The molecule has 1 unspecified atom stereocenters. The van der Waals surface area contributed by atoms with E-state index in [0.29, 0.717) is 5.54 Å². The van der Waals surface area contributed by atoms with E-state index < -0.39 is 8.80 Å². The Morgan fingerprint density at radius 1 is 0.531 bits per heavy atom. The number of unbranched alkanes of at least 4 members (excludes halogenated alkanes) is 14. The summed E-state index contributed by atoms with van der Waals surface area (Å²) in [6.07, 6.45) is 23.1. The fourth-order valence-corrected chi connectivity index (χ4v) is 7.27. The zero-order chi connectivity index (χ0) is 23.9. The lowest BCUT2D eigenvalue weighted by Gasteiger charge is -2.35. The third-order valence-corrected chi connectivity index (χ3v) is 10.3. The Balaban J connectivity index is 4.50. The monoisotopic (exact) mass is 473 g/mol. The van der Waals surface area contributed by atoms with Gasteiger partial charge in [-0.3, -0.25) is 0 Å². The first kappa shape index (κ1) is 32.1. The van der Waals surface area contributed by atoms with E-state index >= 15 is 0 Å². The van der Waals surface area contributed by atoms with Crippen molar-refractivity contribution in [3.8, 4) is 0 Å². The van der Waals surface area contributed by atoms with Gasteiger partial charge < -0.3 is 18.2 Å². The molecule has 0 aliphatic heterocycles. The molecule has 0 rings (SSSR count). The molecular weight excluding hydrogens is 414 g/mol. The number of rotatable bonds is 25. The first-order valence-corrected chi connectivity index (χ1v) is 15.8. The molecule has 0 N–H and O–H groups in total. The highest BCUT2D eigenvalue weighted by atomic mass is 28.4. The SMILES string of the molecule is CCCCCCCCCCN(CCCCCCCCCC)CC(CC)[Si](OC)(OC)OC. The number of hydrogen-bond donors (Lipinski definition) is 0. The van der Waals surface area contributed by atoms with Crippen molar-refractivity contribution >= 4 is 8.80 Å². The summed E-state index contributed by atoms with van der Waals surface area (Å²) in [5, 5.41) is 0. The molecule has 0 radical (unpaired) electrons. The van der Waals surface area contributed by atoms with Gasteiger partial charge in [0.05, 0.1) is 0 Å². The van der Waals surface area contributed by atoms with Crippen LogP contribution in [0.15, 0.2) is 0 Å². The summed E-state index contributed by atoms with van der Waals surface area (Å²) in [6, 6.07) is 0. The van der Waals surface area contributed by atoms with Gasteiger partial charge in [0.1, 0.15) is 0 Å². The molecule has 0 aliphatic rings. The van der Waals surface area contributed by atoms with Crippen LogP contribution in [0.3, 0.4) is 0 Å². The van der Waals surface area contributed by atoms with E-state index in [-0.39, 0.29) is 0 Å². The highest BCUT2D eigenvalue weighted by Crippen LogP contribution is 2.29. The van der Waals surface area contributed by atoms with Crippen LogP contribution < -0.4 is 0 Å². The molecule has 5 heteroatoms. The normalized spacial score (nSPS) is 13.2. The van der Waals surface area contributed by atoms with E-state index in [9.17, 15) is 0 Å². The van der Waals surface area contributed by atoms with Crippen LogP contribution in [0.1, 0.15) is 130 Å². The van der Waals surface area contributed by atoms with E-state index in [1.807, 2.05) is 0 Å². The Labute approximate surface area is 203 Å². The second-order valence-electron chi connectivity index (χ2n) is 9.57. The smallest absolute Gasteiger partial charge is 0.377 e. The first-order chi connectivity index (χ1) is 15.6. The minimum Gasteiger partial charge on any atom is -0.377 e. The van der Waals surface area contributed by atoms with Crippen LogP contribution in [-0.4, -0.2) is 54.7 Å². The molecule has 32 heavy (non-hydrogen) atoms. The summed E-state index contributed by atoms with van der Waals surface area (Å²) >= 11 is 0. The second-order valence-corrected chi connectivity index (χ2v) is 12.8. The van der Waals surface area contributed by atoms with Crippen molar-refractivity contribution < 1.29 is 13.3 Å². The van der Waals surface area contributed by atoms with E-state index in [4.69, 9.17) is 13.3 Å². The van der Waals surface area contributed by atoms with Gasteiger partial charge in [-0.1, -0.05) is 111 Å². The fourth-order valence-electron chi connectivity index (χ4n) is 4.79. The van der Waals surface area contributed by atoms with Gasteiger partial charge in [-0.05, 0) is 32.4 Å². The van der Waals surface area contributed by atoms with E-state index in [0.717, 1.165) is 13.0 Å². The number of hydrogen-bond acceptors (Lipinski definition) is 4. The Hall–Kier alpha value is 0.0569. The van der Waals surface area contributed by atoms with Crippen LogP contribution in [0.2, 0.25) is 5.54 Å². The molecule has 0 fully saturated rings. The molecule has 0 aromatic heterocycles. The van der Waals surface area contributed by atoms with Crippen molar-refractivity contribution in [1.29, 1.82) is 0 Å². The molecule has 0 aliphatic carbocycles. The van der Waals surface area contributed by atoms with Crippen LogP contribution in [0, 0.1) is 0 Å². The van der Waals surface area contributed by atoms with Gasteiger partial charge >= 0.3 is 8.80 Å². The third kappa shape index (κ3) is 15.1. The van der Waals surface area contributed by atoms with Gasteiger partial charge in [0.2, 0.25) is 0 Å².